The van der Waals surface area contributed by atoms with Crippen molar-refractivity contribution in [3.63, 3.8) is 0 Å². The third-order valence-electron chi connectivity index (χ3n) is 3.58. The van der Waals surface area contributed by atoms with Crippen molar-refractivity contribution >= 4 is 5.91 Å². The molecule has 1 heterocycles. The Morgan fingerprint density at radius 3 is 2.65 bits per heavy atom. The van der Waals surface area contributed by atoms with Crippen molar-refractivity contribution in [2.24, 2.45) is 0 Å². The van der Waals surface area contributed by atoms with Crippen LogP contribution in [0.2, 0.25) is 0 Å². The minimum atomic E-state index is -0.317. The monoisotopic (exact) mass is 280 g/mol. The zero-order valence-electron chi connectivity index (χ0n) is 11.8. The maximum Gasteiger partial charge on any atom is 0.253 e. The van der Waals surface area contributed by atoms with Crippen molar-refractivity contribution in [3.05, 3.63) is 35.6 Å². The normalized spacial score (nSPS) is 17.0. The van der Waals surface area contributed by atoms with Crippen molar-refractivity contribution in [3.8, 4) is 0 Å². The molecule has 0 aliphatic carbocycles. The van der Waals surface area contributed by atoms with E-state index in [-0.39, 0.29) is 11.7 Å². The van der Waals surface area contributed by atoms with Gasteiger partial charge in [-0.05, 0) is 37.2 Å². The molecule has 1 aliphatic heterocycles. The van der Waals surface area contributed by atoms with Gasteiger partial charge in [0.15, 0.2) is 0 Å². The van der Waals surface area contributed by atoms with E-state index in [1.54, 1.807) is 19.2 Å². The van der Waals surface area contributed by atoms with Gasteiger partial charge in [0, 0.05) is 38.9 Å². The van der Waals surface area contributed by atoms with Crippen molar-refractivity contribution in [2.45, 2.75) is 6.42 Å². The van der Waals surface area contributed by atoms with Crippen molar-refractivity contribution in [2.75, 3.05) is 46.4 Å². The van der Waals surface area contributed by atoms with Gasteiger partial charge in [-0.15, -0.1) is 0 Å². The molecule has 0 spiro atoms. The number of hydrogen-bond acceptors (Lipinski definition) is 3. The molecular weight excluding hydrogens is 259 g/mol. The molecule has 20 heavy (non-hydrogen) atoms. The Balaban J connectivity index is 1.92. The highest BCUT2D eigenvalue weighted by molar-refractivity contribution is 5.94. The molecule has 1 aromatic rings. The van der Waals surface area contributed by atoms with E-state index in [0.717, 1.165) is 32.6 Å². The van der Waals surface area contributed by atoms with Crippen LogP contribution >= 0.6 is 0 Å². The summed E-state index contributed by atoms with van der Waals surface area (Å²) in [5.41, 5.74) is 0.553. The van der Waals surface area contributed by atoms with Crippen LogP contribution in [0.4, 0.5) is 4.39 Å². The first-order chi connectivity index (χ1) is 9.70. The minimum Gasteiger partial charge on any atom is -0.383 e. The number of carbonyl (C=O) groups excluding carboxylic acids is 1. The average Bonchev–Trinajstić information content (AvgIpc) is 2.70. The Morgan fingerprint density at radius 1 is 1.20 bits per heavy atom. The van der Waals surface area contributed by atoms with Crippen molar-refractivity contribution in [1.82, 2.24) is 9.80 Å². The molecule has 0 saturated carbocycles. The second kappa shape index (κ2) is 7.36. The van der Waals surface area contributed by atoms with E-state index in [1.807, 2.05) is 4.90 Å². The summed E-state index contributed by atoms with van der Waals surface area (Å²) in [5, 5.41) is 0. The van der Waals surface area contributed by atoms with E-state index in [9.17, 15) is 9.18 Å². The van der Waals surface area contributed by atoms with Crippen molar-refractivity contribution < 1.29 is 13.9 Å². The van der Waals surface area contributed by atoms with E-state index in [4.69, 9.17) is 4.74 Å². The standard InChI is InChI=1S/C15H21FN2O2/c1-20-12-11-17-7-2-8-18(10-9-17)15(19)13-3-5-14(16)6-4-13/h3-6H,2,7-12H2,1H3. The SMILES string of the molecule is COCCN1CCCN(C(=O)c2ccc(F)cc2)CC1. The average molecular weight is 280 g/mol. The van der Waals surface area contributed by atoms with E-state index in [2.05, 4.69) is 4.90 Å². The largest absolute Gasteiger partial charge is 0.383 e. The fraction of sp³-hybridized carbons (Fsp3) is 0.533. The quantitative estimate of drug-likeness (QED) is 0.840. The molecule has 1 saturated heterocycles. The highest BCUT2D eigenvalue weighted by atomic mass is 19.1. The summed E-state index contributed by atoms with van der Waals surface area (Å²) in [6, 6.07) is 5.75. The fourth-order valence-corrected chi connectivity index (χ4v) is 2.39. The molecule has 1 aromatic carbocycles. The Bertz CT molecular complexity index is 436. The molecule has 0 aromatic heterocycles. The van der Waals surface area contributed by atoms with Gasteiger partial charge < -0.3 is 9.64 Å². The molecule has 0 unspecified atom stereocenters. The summed E-state index contributed by atoms with van der Waals surface area (Å²) in [7, 11) is 1.70. The number of nitrogens with zero attached hydrogens (tertiary/aromatic N) is 2. The summed E-state index contributed by atoms with van der Waals surface area (Å²) in [6.45, 7) is 4.91. The molecule has 1 fully saturated rings. The summed E-state index contributed by atoms with van der Waals surface area (Å²) in [6.07, 6.45) is 0.955. The maximum atomic E-state index is 12.9. The molecular formula is C15H21FN2O2. The van der Waals surface area contributed by atoms with E-state index < -0.39 is 0 Å². The molecule has 4 nitrogen and oxygen atoms in total. The number of hydrogen-bond donors (Lipinski definition) is 0. The van der Waals surface area contributed by atoms with Gasteiger partial charge in [-0.25, -0.2) is 4.39 Å². The molecule has 1 aliphatic rings. The number of methoxy groups -OCH3 is 1. The lowest BCUT2D eigenvalue weighted by atomic mass is 10.2. The predicted molar refractivity (Wildman–Crippen MR) is 75.2 cm³/mol. The van der Waals surface area contributed by atoms with Crippen LogP contribution in [-0.4, -0.2) is 62.1 Å². The molecule has 0 atom stereocenters. The summed E-state index contributed by atoms with van der Waals surface area (Å²) >= 11 is 0. The number of ether oxygens (including phenoxy) is 1. The first-order valence-electron chi connectivity index (χ1n) is 6.97. The topological polar surface area (TPSA) is 32.8 Å². The predicted octanol–water partition coefficient (Wildman–Crippen LogP) is 1.62. The van der Waals surface area contributed by atoms with Crippen LogP contribution in [0.25, 0.3) is 0 Å². The van der Waals surface area contributed by atoms with Crippen LogP contribution in [0.1, 0.15) is 16.8 Å². The van der Waals surface area contributed by atoms with Gasteiger partial charge in [0.1, 0.15) is 5.82 Å². The third-order valence-corrected chi connectivity index (χ3v) is 3.58. The molecule has 0 radical (unpaired) electrons. The lowest BCUT2D eigenvalue weighted by Crippen LogP contribution is -2.36. The molecule has 0 bridgehead atoms. The first kappa shape index (κ1) is 14.9. The maximum absolute atomic E-state index is 12.9. The summed E-state index contributed by atoms with van der Waals surface area (Å²) in [4.78, 5) is 16.5. The second-order valence-corrected chi connectivity index (χ2v) is 4.99. The number of carbonyl (C=O) groups is 1. The van der Waals surface area contributed by atoms with Gasteiger partial charge in [-0.2, -0.15) is 0 Å². The smallest absolute Gasteiger partial charge is 0.253 e. The number of halogens is 1. The highest BCUT2D eigenvalue weighted by Crippen LogP contribution is 2.10. The number of rotatable bonds is 4. The summed E-state index contributed by atoms with van der Waals surface area (Å²) in [5.74, 6) is -0.332. The van der Waals surface area contributed by atoms with E-state index >= 15 is 0 Å². The lowest BCUT2D eigenvalue weighted by molar-refractivity contribution is 0.0759. The van der Waals surface area contributed by atoms with Crippen LogP contribution in [0.5, 0.6) is 0 Å². The molecule has 1 amide bonds. The van der Waals surface area contributed by atoms with Crippen LogP contribution in [0.15, 0.2) is 24.3 Å². The van der Waals surface area contributed by atoms with E-state index in [0.29, 0.717) is 18.7 Å². The molecule has 110 valence electrons. The summed E-state index contributed by atoms with van der Waals surface area (Å²) < 4.78 is 18.0. The van der Waals surface area contributed by atoms with E-state index in [1.165, 1.54) is 12.1 Å². The zero-order valence-corrected chi connectivity index (χ0v) is 11.8. The van der Waals surface area contributed by atoms with Gasteiger partial charge in [-0.3, -0.25) is 9.69 Å². The minimum absolute atomic E-state index is 0.0152. The van der Waals surface area contributed by atoms with Gasteiger partial charge in [0.25, 0.3) is 5.91 Å². The third kappa shape index (κ3) is 4.02. The van der Waals surface area contributed by atoms with Gasteiger partial charge in [-0.1, -0.05) is 0 Å². The second-order valence-electron chi connectivity index (χ2n) is 4.99. The Kier molecular flexibility index (Phi) is 5.49. The molecule has 5 heteroatoms. The Labute approximate surface area is 119 Å². The fourth-order valence-electron chi connectivity index (χ4n) is 2.39. The number of benzene rings is 1. The Hall–Kier alpha value is -1.46. The first-order valence-corrected chi connectivity index (χ1v) is 6.97. The zero-order chi connectivity index (χ0) is 14.4. The van der Waals surface area contributed by atoms with Crippen LogP contribution in [0, 0.1) is 5.82 Å². The van der Waals surface area contributed by atoms with Crippen LogP contribution < -0.4 is 0 Å². The van der Waals surface area contributed by atoms with Crippen LogP contribution in [0.3, 0.4) is 0 Å². The van der Waals surface area contributed by atoms with Gasteiger partial charge in [0.05, 0.1) is 6.61 Å². The van der Waals surface area contributed by atoms with Gasteiger partial charge >= 0.3 is 0 Å². The highest BCUT2D eigenvalue weighted by Gasteiger charge is 2.19. The molecule has 2 rings (SSSR count). The van der Waals surface area contributed by atoms with Gasteiger partial charge in [0.2, 0.25) is 0 Å². The van der Waals surface area contributed by atoms with Crippen LogP contribution in [-0.2, 0) is 4.74 Å². The Morgan fingerprint density at radius 2 is 1.95 bits per heavy atom. The van der Waals surface area contributed by atoms with Crippen molar-refractivity contribution in [1.29, 1.82) is 0 Å². The molecule has 0 N–H and O–H groups in total. The number of amides is 1. The lowest BCUT2D eigenvalue weighted by Gasteiger charge is -2.21.